The number of alkyl halides is 4. The molecule has 0 aliphatic rings. The zero-order chi connectivity index (χ0) is 15.2. The molecule has 0 spiro atoms. The third-order valence-electron chi connectivity index (χ3n) is 2.42. The van der Waals surface area contributed by atoms with Gasteiger partial charge in [0.25, 0.3) is 5.92 Å². The number of benzene rings is 1. The fourth-order valence-electron chi connectivity index (χ4n) is 1.52. The lowest BCUT2D eigenvalue weighted by Gasteiger charge is -2.17. The Kier molecular flexibility index (Phi) is 6.03. The number of aliphatic hydroxyl groups is 1. The summed E-state index contributed by atoms with van der Waals surface area (Å²) in [5, 5.41) is 10.8. The Morgan fingerprint density at radius 3 is 2.60 bits per heavy atom. The molecule has 0 aliphatic heterocycles. The van der Waals surface area contributed by atoms with Gasteiger partial charge < -0.3 is 19.9 Å². The Balaban J connectivity index is 2.78. The van der Waals surface area contributed by atoms with Crippen molar-refractivity contribution < 1.29 is 32.1 Å². The number of nitrogens with one attached hydrogen (secondary N) is 1. The van der Waals surface area contributed by atoms with Crippen molar-refractivity contribution in [3.63, 3.8) is 0 Å². The van der Waals surface area contributed by atoms with E-state index in [9.17, 15) is 17.6 Å². The van der Waals surface area contributed by atoms with Gasteiger partial charge in [-0.05, 0) is 6.07 Å². The summed E-state index contributed by atoms with van der Waals surface area (Å²) in [6, 6.07) is 4.40. The molecule has 2 N–H and O–H groups in total. The molecule has 4 nitrogen and oxygen atoms in total. The highest BCUT2D eigenvalue weighted by atomic mass is 19.3. The molecule has 8 heteroatoms. The maximum Gasteiger partial charge on any atom is 0.387 e. The topological polar surface area (TPSA) is 50.7 Å². The molecule has 0 bridgehead atoms. The predicted octanol–water partition coefficient (Wildman–Crippen LogP) is 2.01. The molecule has 20 heavy (non-hydrogen) atoms. The summed E-state index contributed by atoms with van der Waals surface area (Å²) in [4.78, 5) is 0. The van der Waals surface area contributed by atoms with Crippen molar-refractivity contribution in [1.82, 2.24) is 5.32 Å². The standard InChI is InChI=1S/C12H15F4NO3/c1-19-9-4-2-3-8(10(9)20-11(13)14)5-17-6-12(15,16)7-18/h2-4,11,17-18H,5-7H2,1H3. The predicted molar refractivity (Wildman–Crippen MR) is 63.4 cm³/mol. The summed E-state index contributed by atoms with van der Waals surface area (Å²) in [5.41, 5.74) is 0.249. The second kappa shape index (κ2) is 7.30. The zero-order valence-electron chi connectivity index (χ0n) is 10.7. The maximum absolute atomic E-state index is 12.8. The van der Waals surface area contributed by atoms with Crippen LogP contribution >= 0.6 is 0 Å². The summed E-state index contributed by atoms with van der Waals surface area (Å²) in [6.07, 6.45) is 0. The summed E-state index contributed by atoms with van der Waals surface area (Å²) < 4.78 is 59.5. The molecular weight excluding hydrogens is 282 g/mol. The van der Waals surface area contributed by atoms with Crippen LogP contribution in [0, 0.1) is 0 Å². The molecule has 1 rings (SSSR count). The molecule has 0 aliphatic carbocycles. The van der Waals surface area contributed by atoms with E-state index in [-0.39, 0.29) is 23.6 Å². The largest absolute Gasteiger partial charge is 0.493 e. The van der Waals surface area contributed by atoms with Crippen LogP contribution in [0.1, 0.15) is 5.56 Å². The number of hydrogen-bond donors (Lipinski definition) is 2. The van der Waals surface area contributed by atoms with Crippen molar-refractivity contribution in [2.75, 3.05) is 20.3 Å². The summed E-state index contributed by atoms with van der Waals surface area (Å²) >= 11 is 0. The van der Waals surface area contributed by atoms with Crippen LogP contribution in [0.3, 0.4) is 0 Å². The van der Waals surface area contributed by atoms with E-state index >= 15 is 0 Å². The highest BCUT2D eigenvalue weighted by Crippen LogP contribution is 2.32. The summed E-state index contributed by atoms with van der Waals surface area (Å²) in [5.74, 6) is -3.40. The third-order valence-corrected chi connectivity index (χ3v) is 2.42. The van der Waals surface area contributed by atoms with E-state index < -0.39 is 25.7 Å². The van der Waals surface area contributed by atoms with Crippen molar-refractivity contribution in [2.45, 2.75) is 19.1 Å². The Morgan fingerprint density at radius 1 is 1.35 bits per heavy atom. The fraction of sp³-hybridized carbons (Fsp3) is 0.500. The molecule has 1 aromatic rings. The highest BCUT2D eigenvalue weighted by molar-refractivity contribution is 5.46. The van der Waals surface area contributed by atoms with Crippen molar-refractivity contribution >= 4 is 0 Å². The molecule has 1 aromatic carbocycles. The van der Waals surface area contributed by atoms with Crippen molar-refractivity contribution in [3.8, 4) is 11.5 Å². The lowest BCUT2D eigenvalue weighted by molar-refractivity contribution is -0.0531. The lowest BCUT2D eigenvalue weighted by Crippen LogP contribution is -2.35. The lowest BCUT2D eigenvalue weighted by atomic mass is 10.2. The number of aliphatic hydroxyl groups excluding tert-OH is 1. The minimum absolute atomic E-state index is 0.0820. The van der Waals surface area contributed by atoms with Crippen LogP contribution in [-0.2, 0) is 6.54 Å². The average molecular weight is 297 g/mol. The van der Waals surface area contributed by atoms with Gasteiger partial charge in [0.15, 0.2) is 11.5 Å². The van der Waals surface area contributed by atoms with E-state index in [1.807, 2.05) is 0 Å². The fourth-order valence-corrected chi connectivity index (χ4v) is 1.52. The smallest absolute Gasteiger partial charge is 0.387 e. The Hall–Kier alpha value is -1.54. The molecule has 0 saturated heterocycles. The number of para-hydroxylation sites is 1. The average Bonchev–Trinajstić information content (AvgIpc) is 2.39. The van der Waals surface area contributed by atoms with E-state index in [0.717, 1.165) is 0 Å². The minimum atomic E-state index is -3.28. The Morgan fingerprint density at radius 2 is 2.05 bits per heavy atom. The first-order chi connectivity index (χ1) is 9.39. The van der Waals surface area contributed by atoms with Crippen molar-refractivity contribution in [1.29, 1.82) is 0 Å². The molecule has 0 unspecified atom stereocenters. The van der Waals surface area contributed by atoms with E-state index in [1.54, 1.807) is 0 Å². The minimum Gasteiger partial charge on any atom is -0.493 e. The Bertz CT molecular complexity index is 429. The maximum atomic E-state index is 12.8. The van der Waals surface area contributed by atoms with Gasteiger partial charge in [0.2, 0.25) is 0 Å². The van der Waals surface area contributed by atoms with Crippen molar-refractivity contribution in [3.05, 3.63) is 23.8 Å². The Labute approximate surface area is 113 Å². The summed E-state index contributed by atoms with van der Waals surface area (Å²) in [6.45, 7) is -5.26. The van der Waals surface area contributed by atoms with Gasteiger partial charge in [-0.3, -0.25) is 0 Å². The van der Waals surface area contributed by atoms with Gasteiger partial charge in [0.1, 0.15) is 6.61 Å². The van der Waals surface area contributed by atoms with Crippen LogP contribution in [0.2, 0.25) is 0 Å². The first kappa shape index (κ1) is 16.5. The normalized spacial score (nSPS) is 11.8. The van der Waals surface area contributed by atoms with Gasteiger partial charge in [-0.25, -0.2) is 8.78 Å². The molecule has 0 heterocycles. The molecule has 0 radical (unpaired) electrons. The number of hydrogen-bond acceptors (Lipinski definition) is 4. The molecule has 0 aromatic heterocycles. The van der Waals surface area contributed by atoms with Crippen molar-refractivity contribution in [2.24, 2.45) is 0 Å². The van der Waals surface area contributed by atoms with Gasteiger partial charge in [0, 0.05) is 12.1 Å². The zero-order valence-corrected chi connectivity index (χ0v) is 10.7. The van der Waals surface area contributed by atoms with Crippen LogP contribution in [0.5, 0.6) is 11.5 Å². The second-order valence-electron chi connectivity index (χ2n) is 3.94. The second-order valence-corrected chi connectivity index (χ2v) is 3.94. The highest BCUT2D eigenvalue weighted by Gasteiger charge is 2.27. The van der Waals surface area contributed by atoms with Crippen LogP contribution < -0.4 is 14.8 Å². The number of rotatable bonds is 8. The summed E-state index contributed by atoms with van der Waals surface area (Å²) in [7, 11) is 1.28. The number of ether oxygens (including phenoxy) is 2. The van der Waals surface area contributed by atoms with Crippen LogP contribution in [0.15, 0.2) is 18.2 Å². The molecule has 0 fully saturated rings. The quantitative estimate of drug-likeness (QED) is 0.721. The van der Waals surface area contributed by atoms with Gasteiger partial charge >= 0.3 is 6.61 Å². The number of halogens is 4. The SMILES string of the molecule is COc1cccc(CNCC(F)(F)CO)c1OC(F)F. The first-order valence-electron chi connectivity index (χ1n) is 5.69. The number of methoxy groups -OCH3 is 1. The van der Waals surface area contributed by atoms with Gasteiger partial charge in [0.05, 0.1) is 13.7 Å². The molecule has 0 amide bonds. The molecular formula is C12H15F4NO3. The van der Waals surface area contributed by atoms with Crippen LogP contribution in [0.25, 0.3) is 0 Å². The van der Waals surface area contributed by atoms with E-state index in [1.165, 1.54) is 25.3 Å². The van der Waals surface area contributed by atoms with Crippen LogP contribution in [-0.4, -0.2) is 37.9 Å². The van der Waals surface area contributed by atoms with E-state index in [4.69, 9.17) is 9.84 Å². The van der Waals surface area contributed by atoms with Gasteiger partial charge in [-0.15, -0.1) is 0 Å². The first-order valence-corrected chi connectivity index (χ1v) is 5.69. The van der Waals surface area contributed by atoms with Gasteiger partial charge in [-0.1, -0.05) is 12.1 Å². The monoisotopic (exact) mass is 297 g/mol. The van der Waals surface area contributed by atoms with Crippen LogP contribution in [0.4, 0.5) is 17.6 Å². The molecule has 0 atom stereocenters. The molecule has 0 saturated carbocycles. The third kappa shape index (κ3) is 4.86. The van der Waals surface area contributed by atoms with E-state index in [2.05, 4.69) is 10.1 Å². The van der Waals surface area contributed by atoms with Gasteiger partial charge in [-0.2, -0.15) is 8.78 Å². The van der Waals surface area contributed by atoms with E-state index in [0.29, 0.717) is 0 Å². The molecule has 114 valence electrons.